The first-order valence-corrected chi connectivity index (χ1v) is 5.43. The molecular formula is C10H18N4. The number of piperidine rings is 1. The van der Waals surface area contributed by atoms with E-state index in [1.807, 2.05) is 0 Å². The minimum Gasteiger partial charge on any atom is -0.307 e. The molecule has 1 atom stereocenters. The molecule has 1 saturated heterocycles. The van der Waals surface area contributed by atoms with Crippen molar-refractivity contribution in [3.63, 3.8) is 0 Å². The fourth-order valence-electron chi connectivity index (χ4n) is 1.79. The molecule has 1 aliphatic heterocycles. The van der Waals surface area contributed by atoms with E-state index >= 15 is 0 Å². The lowest BCUT2D eigenvalue weighted by Gasteiger charge is -2.20. The third-order valence-electron chi connectivity index (χ3n) is 2.68. The van der Waals surface area contributed by atoms with E-state index in [4.69, 9.17) is 0 Å². The Bertz CT molecular complexity index is 286. The normalized spacial score (nSPS) is 22.9. The fourth-order valence-corrected chi connectivity index (χ4v) is 1.79. The number of H-pyrrole nitrogens is 1. The van der Waals surface area contributed by atoms with Crippen LogP contribution in [0, 0.1) is 0 Å². The zero-order chi connectivity index (χ0) is 9.97. The Labute approximate surface area is 84.5 Å². The molecule has 1 aromatic heterocycles. The van der Waals surface area contributed by atoms with Crippen LogP contribution >= 0.6 is 0 Å². The predicted molar refractivity (Wildman–Crippen MR) is 55.1 cm³/mol. The molecule has 78 valence electrons. The number of aromatic nitrogens is 3. The molecule has 1 unspecified atom stereocenters. The molecule has 14 heavy (non-hydrogen) atoms. The summed E-state index contributed by atoms with van der Waals surface area (Å²) >= 11 is 0. The zero-order valence-electron chi connectivity index (χ0n) is 8.88. The molecule has 2 rings (SSSR count). The maximum atomic E-state index is 4.50. The van der Waals surface area contributed by atoms with Crippen molar-refractivity contribution >= 4 is 0 Å². The van der Waals surface area contributed by atoms with Gasteiger partial charge >= 0.3 is 0 Å². The Balaban J connectivity index is 2.07. The van der Waals surface area contributed by atoms with Gasteiger partial charge in [-0.15, -0.1) is 0 Å². The highest BCUT2D eigenvalue weighted by Gasteiger charge is 2.18. The highest BCUT2D eigenvalue weighted by molar-refractivity contribution is 5.00. The smallest absolute Gasteiger partial charge is 0.153 e. The van der Waals surface area contributed by atoms with Gasteiger partial charge in [0.15, 0.2) is 5.82 Å². The number of nitrogens with zero attached hydrogens (tertiary/aromatic N) is 2. The van der Waals surface area contributed by atoms with Crippen LogP contribution in [0.25, 0.3) is 0 Å². The largest absolute Gasteiger partial charge is 0.307 e. The van der Waals surface area contributed by atoms with E-state index in [2.05, 4.69) is 34.3 Å². The SMILES string of the molecule is CC(C)c1n[nH]c(C2CCCCN2)n1. The van der Waals surface area contributed by atoms with Crippen LogP contribution in [-0.4, -0.2) is 21.7 Å². The monoisotopic (exact) mass is 194 g/mol. The average molecular weight is 194 g/mol. The van der Waals surface area contributed by atoms with E-state index in [9.17, 15) is 0 Å². The second-order valence-corrected chi connectivity index (χ2v) is 4.24. The summed E-state index contributed by atoms with van der Waals surface area (Å²) in [7, 11) is 0. The van der Waals surface area contributed by atoms with Gasteiger partial charge < -0.3 is 5.32 Å². The van der Waals surface area contributed by atoms with Gasteiger partial charge in [0, 0.05) is 5.92 Å². The van der Waals surface area contributed by atoms with Crippen molar-refractivity contribution < 1.29 is 0 Å². The highest BCUT2D eigenvalue weighted by atomic mass is 15.2. The summed E-state index contributed by atoms with van der Waals surface area (Å²) in [6.45, 7) is 5.32. The standard InChI is InChI=1S/C10H18N4/c1-7(2)9-12-10(14-13-9)8-5-3-4-6-11-8/h7-8,11H,3-6H2,1-2H3,(H,12,13,14). The summed E-state index contributed by atoms with van der Waals surface area (Å²) in [6.07, 6.45) is 3.74. The number of rotatable bonds is 2. The molecule has 1 fully saturated rings. The van der Waals surface area contributed by atoms with Gasteiger partial charge in [0.1, 0.15) is 5.82 Å². The van der Waals surface area contributed by atoms with Crippen LogP contribution in [0.5, 0.6) is 0 Å². The van der Waals surface area contributed by atoms with Gasteiger partial charge in [-0.1, -0.05) is 20.3 Å². The number of nitrogens with one attached hydrogen (secondary N) is 2. The van der Waals surface area contributed by atoms with Crippen LogP contribution in [0.15, 0.2) is 0 Å². The molecule has 0 aromatic carbocycles. The van der Waals surface area contributed by atoms with Crippen LogP contribution in [-0.2, 0) is 0 Å². The van der Waals surface area contributed by atoms with Crippen LogP contribution in [0.1, 0.15) is 56.7 Å². The Kier molecular flexibility index (Phi) is 2.82. The Morgan fingerprint density at radius 3 is 2.79 bits per heavy atom. The van der Waals surface area contributed by atoms with Crippen molar-refractivity contribution in [2.75, 3.05) is 6.54 Å². The summed E-state index contributed by atoms with van der Waals surface area (Å²) in [5.41, 5.74) is 0. The van der Waals surface area contributed by atoms with Gasteiger partial charge in [-0.25, -0.2) is 4.98 Å². The van der Waals surface area contributed by atoms with E-state index in [1.54, 1.807) is 0 Å². The van der Waals surface area contributed by atoms with Gasteiger partial charge in [-0.05, 0) is 19.4 Å². The number of aromatic amines is 1. The predicted octanol–water partition coefficient (Wildman–Crippen LogP) is 1.74. The van der Waals surface area contributed by atoms with Crippen molar-refractivity contribution in [1.82, 2.24) is 20.5 Å². The number of hydrogen-bond donors (Lipinski definition) is 2. The molecule has 0 amide bonds. The molecule has 2 heterocycles. The first kappa shape index (κ1) is 9.65. The summed E-state index contributed by atoms with van der Waals surface area (Å²) in [5, 5.41) is 10.7. The van der Waals surface area contributed by atoms with Crippen LogP contribution in [0.2, 0.25) is 0 Å². The minimum absolute atomic E-state index is 0.392. The minimum atomic E-state index is 0.392. The van der Waals surface area contributed by atoms with Crippen molar-refractivity contribution in [3.8, 4) is 0 Å². The molecule has 1 aliphatic rings. The summed E-state index contributed by atoms with van der Waals surface area (Å²) in [4.78, 5) is 4.50. The third-order valence-corrected chi connectivity index (χ3v) is 2.68. The second-order valence-electron chi connectivity index (χ2n) is 4.24. The Morgan fingerprint density at radius 1 is 1.36 bits per heavy atom. The summed E-state index contributed by atoms with van der Waals surface area (Å²) in [5.74, 6) is 2.34. The van der Waals surface area contributed by atoms with Crippen molar-refractivity contribution in [2.24, 2.45) is 0 Å². The molecule has 4 heteroatoms. The fraction of sp³-hybridized carbons (Fsp3) is 0.800. The van der Waals surface area contributed by atoms with Gasteiger partial charge in [0.25, 0.3) is 0 Å². The van der Waals surface area contributed by atoms with Crippen molar-refractivity contribution in [3.05, 3.63) is 11.6 Å². The quantitative estimate of drug-likeness (QED) is 0.754. The van der Waals surface area contributed by atoms with Gasteiger partial charge in [0.2, 0.25) is 0 Å². The van der Waals surface area contributed by atoms with E-state index in [1.165, 1.54) is 19.3 Å². The maximum Gasteiger partial charge on any atom is 0.153 e. The number of hydrogen-bond acceptors (Lipinski definition) is 3. The molecular weight excluding hydrogens is 176 g/mol. The lowest BCUT2D eigenvalue weighted by atomic mass is 10.0. The van der Waals surface area contributed by atoms with Crippen LogP contribution < -0.4 is 5.32 Å². The van der Waals surface area contributed by atoms with E-state index in [-0.39, 0.29) is 0 Å². The van der Waals surface area contributed by atoms with E-state index < -0.39 is 0 Å². The molecule has 1 aromatic rings. The zero-order valence-corrected chi connectivity index (χ0v) is 8.88. The maximum absolute atomic E-state index is 4.50. The molecule has 0 bridgehead atoms. The van der Waals surface area contributed by atoms with Gasteiger partial charge in [0.05, 0.1) is 6.04 Å². The molecule has 2 N–H and O–H groups in total. The molecule has 0 saturated carbocycles. The highest BCUT2D eigenvalue weighted by Crippen LogP contribution is 2.20. The second kappa shape index (κ2) is 4.09. The van der Waals surface area contributed by atoms with Crippen molar-refractivity contribution in [1.29, 1.82) is 0 Å². The van der Waals surface area contributed by atoms with Crippen LogP contribution in [0.3, 0.4) is 0 Å². The summed E-state index contributed by atoms with van der Waals surface area (Å²) in [6, 6.07) is 0.392. The third kappa shape index (κ3) is 1.95. The Morgan fingerprint density at radius 2 is 2.21 bits per heavy atom. The van der Waals surface area contributed by atoms with Gasteiger partial charge in [-0.2, -0.15) is 5.10 Å². The lowest BCUT2D eigenvalue weighted by molar-refractivity contribution is 0.398. The van der Waals surface area contributed by atoms with E-state index in [0.717, 1.165) is 18.2 Å². The Hall–Kier alpha value is -0.900. The van der Waals surface area contributed by atoms with E-state index in [0.29, 0.717) is 12.0 Å². The lowest BCUT2D eigenvalue weighted by Crippen LogP contribution is -2.27. The topological polar surface area (TPSA) is 53.6 Å². The summed E-state index contributed by atoms with van der Waals surface area (Å²) < 4.78 is 0. The molecule has 0 aliphatic carbocycles. The first-order valence-electron chi connectivity index (χ1n) is 5.43. The molecule has 0 spiro atoms. The molecule has 4 nitrogen and oxygen atoms in total. The average Bonchev–Trinajstić information content (AvgIpc) is 2.68. The molecule has 0 radical (unpaired) electrons. The van der Waals surface area contributed by atoms with Crippen LogP contribution in [0.4, 0.5) is 0 Å². The van der Waals surface area contributed by atoms with Crippen molar-refractivity contribution in [2.45, 2.75) is 45.1 Å². The first-order chi connectivity index (χ1) is 6.77. The van der Waals surface area contributed by atoms with Gasteiger partial charge in [-0.3, -0.25) is 5.10 Å².